The molecule has 36 heavy (non-hydrogen) atoms. The number of carbonyl (C=O) groups excluding carboxylic acids is 1. The van der Waals surface area contributed by atoms with Crippen LogP contribution < -0.4 is 5.32 Å². The Morgan fingerprint density at radius 1 is 1.06 bits per heavy atom. The molecule has 1 fully saturated rings. The van der Waals surface area contributed by atoms with Gasteiger partial charge < -0.3 is 15.3 Å². The fourth-order valence-electron chi connectivity index (χ4n) is 4.05. The van der Waals surface area contributed by atoms with Crippen molar-refractivity contribution in [2.24, 2.45) is 0 Å². The second kappa shape index (κ2) is 9.88. The maximum absolute atomic E-state index is 12.3. The highest BCUT2D eigenvalue weighted by Crippen LogP contribution is 2.26. The van der Waals surface area contributed by atoms with E-state index in [1.165, 1.54) is 0 Å². The van der Waals surface area contributed by atoms with Crippen molar-refractivity contribution in [3.8, 4) is 17.2 Å². The number of hydrogen-bond acceptors (Lipinski definition) is 9. The van der Waals surface area contributed by atoms with E-state index in [4.69, 9.17) is 10.1 Å². The number of carbonyl (C=O) groups is 1. The minimum absolute atomic E-state index is 0.0703. The molecule has 12 nitrogen and oxygen atoms in total. The second-order valence-corrected chi connectivity index (χ2v) is 8.05. The van der Waals surface area contributed by atoms with Crippen LogP contribution in [-0.2, 0) is 4.79 Å². The van der Waals surface area contributed by atoms with Gasteiger partial charge in [-0.1, -0.05) is 17.3 Å². The third-order valence-corrected chi connectivity index (χ3v) is 5.86. The molecule has 0 spiro atoms. The van der Waals surface area contributed by atoms with Crippen molar-refractivity contribution in [2.45, 2.75) is 12.3 Å². The zero-order valence-corrected chi connectivity index (χ0v) is 19.7. The van der Waals surface area contributed by atoms with Crippen LogP contribution in [0, 0.1) is 0 Å². The first-order valence-corrected chi connectivity index (χ1v) is 11.3. The van der Waals surface area contributed by atoms with Crippen LogP contribution in [0.3, 0.4) is 0 Å². The Labute approximate surface area is 206 Å². The highest BCUT2D eigenvalue weighted by atomic mass is 16.2. The van der Waals surface area contributed by atoms with Gasteiger partial charge in [0, 0.05) is 33.1 Å². The molecule has 12 heteroatoms. The summed E-state index contributed by atoms with van der Waals surface area (Å²) in [4.78, 5) is 27.7. The fourth-order valence-corrected chi connectivity index (χ4v) is 4.05. The zero-order valence-electron chi connectivity index (χ0n) is 19.7. The molecule has 1 saturated heterocycles. The first-order chi connectivity index (χ1) is 17.7. The summed E-state index contributed by atoms with van der Waals surface area (Å²) in [5.74, 6) is 0.847. The summed E-state index contributed by atoms with van der Waals surface area (Å²) >= 11 is 0. The molecule has 2 N–H and O–H groups in total. The van der Waals surface area contributed by atoms with Crippen molar-refractivity contribution in [1.29, 1.82) is 0 Å². The van der Waals surface area contributed by atoms with E-state index >= 15 is 0 Å². The molecule has 0 radical (unpaired) electrons. The van der Waals surface area contributed by atoms with Gasteiger partial charge >= 0.3 is 0 Å². The first kappa shape index (κ1) is 23.1. The summed E-state index contributed by atoms with van der Waals surface area (Å²) in [7, 11) is 2.80. The monoisotopic (exact) mass is 484 g/mol. The van der Waals surface area contributed by atoms with Crippen LogP contribution in [-0.4, -0.2) is 76.2 Å². The lowest BCUT2D eigenvalue weighted by molar-refractivity contribution is -0.127. The van der Waals surface area contributed by atoms with Crippen LogP contribution in [0.15, 0.2) is 67.3 Å². The molecule has 5 aromatic rings. The molecule has 5 aromatic heterocycles. The highest BCUT2D eigenvalue weighted by Gasteiger charge is 2.32. The molecule has 0 aromatic carbocycles. The van der Waals surface area contributed by atoms with Gasteiger partial charge in [-0.15, -0.1) is 5.10 Å². The van der Waals surface area contributed by atoms with Gasteiger partial charge in [-0.2, -0.15) is 5.10 Å². The minimum atomic E-state index is -0.252. The van der Waals surface area contributed by atoms with Gasteiger partial charge in [0.05, 0.1) is 46.6 Å². The van der Waals surface area contributed by atoms with Crippen molar-refractivity contribution in [3.05, 3.63) is 72.9 Å². The lowest BCUT2D eigenvalue weighted by Crippen LogP contribution is -2.21. The fraction of sp³-hybridized carbons (Fsp3) is 0.208. The molecular formula is C24H24N10O2. The van der Waals surface area contributed by atoms with Gasteiger partial charge in [-0.25, -0.2) is 24.1 Å². The number of hydrogen-bond donors (Lipinski definition) is 2. The van der Waals surface area contributed by atoms with Crippen LogP contribution >= 0.6 is 0 Å². The van der Waals surface area contributed by atoms with Crippen LogP contribution in [0.5, 0.6) is 0 Å². The minimum Gasteiger partial charge on any atom is -0.400 e. The number of likely N-dealkylation sites (N-methyl/N-ethyl adjacent to an activating group) is 1. The molecule has 6 rings (SSSR count). The molecule has 1 atom stereocenters. The van der Waals surface area contributed by atoms with Crippen molar-refractivity contribution in [3.63, 3.8) is 0 Å². The SMILES string of the molecule is CN1CCC(c2cn(-c3cccc(-c4ccnc(Nc5cnn6ccccc56)n4)n3)nn2)C1=O.CO. The summed E-state index contributed by atoms with van der Waals surface area (Å²) in [5.41, 5.74) is 3.70. The average molecular weight is 485 g/mol. The Bertz CT molecular complexity index is 1510. The number of aliphatic hydroxyl groups excluding tert-OH is 1. The van der Waals surface area contributed by atoms with E-state index < -0.39 is 0 Å². The molecule has 0 bridgehead atoms. The number of pyridine rings is 2. The molecule has 1 aliphatic rings. The van der Waals surface area contributed by atoms with E-state index in [1.807, 2.05) is 42.6 Å². The lowest BCUT2D eigenvalue weighted by Gasteiger charge is -2.07. The predicted octanol–water partition coefficient (Wildman–Crippen LogP) is 2.06. The van der Waals surface area contributed by atoms with Crippen molar-refractivity contribution in [1.82, 2.24) is 44.5 Å². The summed E-state index contributed by atoms with van der Waals surface area (Å²) in [6, 6.07) is 13.2. The molecule has 0 saturated carbocycles. The standard InChI is InChI=1S/C23H20N10O.CH4O/c1-31-12-9-15(22(31)34)19-14-33(30-29-19)21-7-4-5-16(26-21)17-8-10-24-23(27-17)28-18-13-25-32-11-3-2-6-20(18)32;1-2/h2-8,10-11,13-15H,9,12H2,1H3,(H,24,27,28);2H,1H3. The van der Waals surface area contributed by atoms with E-state index in [-0.39, 0.29) is 11.8 Å². The van der Waals surface area contributed by atoms with Crippen molar-refractivity contribution < 1.29 is 9.90 Å². The summed E-state index contributed by atoms with van der Waals surface area (Å²) in [6.07, 6.45) is 7.81. The highest BCUT2D eigenvalue weighted by molar-refractivity contribution is 5.85. The Balaban J connectivity index is 0.00000130. The van der Waals surface area contributed by atoms with Crippen LogP contribution in [0.2, 0.25) is 0 Å². The van der Waals surface area contributed by atoms with Crippen LogP contribution in [0.25, 0.3) is 22.7 Å². The average Bonchev–Trinajstić information content (AvgIpc) is 3.66. The smallest absolute Gasteiger partial charge is 0.231 e. The van der Waals surface area contributed by atoms with E-state index in [0.717, 1.165) is 31.3 Å². The van der Waals surface area contributed by atoms with E-state index in [0.29, 0.717) is 28.8 Å². The number of likely N-dealkylation sites (tertiary alicyclic amines) is 1. The van der Waals surface area contributed by atoms with Gasteiger partial charge in [0.1, 0.15) is 0 Å². The lowest BCUT2D eigenvalue weighted by atomic mass is 10.1. The summed E-state index contributed by atoms with van der Waals surface area (Å²) in [5, 5.41) is 23.0. The predicted molar refractivity (Wildman–Crippen MR) is 132 cm³/mol. The summed E-state index contributed by atoms with van der Waals surface area (Å²) < 4.78 is 3.37. The normalized spacial score (nSPS) is 15.1. The van der Waals surface area contributed by atoms with Gasteiger partial charge in [-0.05, 0) is 36.8 Å². The molecule has 1 amide bonds. The molecule has 1 aliphatic heterocycles. The van der Waals surface area contributed by atoms with Gasteiger partial charge in [0.25, 0.3) is 0 Å². The first-order valence-electron chi connectivity index (χ1n) is 11.3. The van der Waals surface area contributed by atoms with E-state index in [9.17, 15) is 4.79 Å². The largest absolute Gasteiger partial charge is 0.400 e. The van der Waals surface area contributed by atoms with Gasteiger partial charge in [0.15, 0.2) is 5.82 Å². The third kappa shape index (κ3) is 4.36. The number of rotatable bonds is 5. The topological polar surface area (TPSA) is 139 Å². The Morgan fingerprint density at radius 3 is 2.75 bits per heavy atom. The molecule has 6 heterocycles. The third-order valence-electron chi connectivity index (χ3n) is 5.86. The molecule has 0 aliphatic carbocycles. The molecule has 182 valence electrons. The molecule has 1 unspecified atom stereocenters. The van der Waals surface area contributed by atoms with Gasteiger partial charge in [-0.3, -0.25) is 4.79 Å². The van der Waals surface area contributed by atoms with E-state index in [1.54, 1.807) is 45.8 Å². The number of aromatic nitrogens is 8. The van der Waals surface area contributed by atoms with Gasteiger partial charge in [0.2, 0.25) is 11.9 Å². The maximum atomic E-state index is 12.3. The van der Waals surface area contributed by atoms with Crippen molar-refractivity contribution in [2.75, 3.05) is 26.0 Å². The summed E-state index contributed by atoms with van der Waals surface area (Å²) in [6.45, 7) is 0.726. The van der Waals surface area contributed by atoms with Crippen molar-refractivity contribution >= 4 is 23.1 Å². The number of nitrogens with one attached hydrogen (secondary N) is 1. The number of anilines is 2. The quantitative estimate of drug-likeness (QED) is 0.384. The Morgan fingerprint density at radius 2 is 1.92 bits per heavy atom. The van der Waals surface area contributed by atoms with Crippen LogP contribution in [0.4, 0.5) is 11.6 Å². The van der Waals surface area contributed by atoms with E-state index in [2.05, 4.69) is 30.7 Å². The van der Waals surface area contributed by atoms with Crippen LogP contribution in [0.1, 0.15) is 18.0 Å². The number of aliphatic hydroxyl groups is 1. The number of fused-ring (bicyclic) bond motifs is 1. The Kier molecular flexibility index (Phi) is 6.33. The number of amides is 1. The maximum Gasteiger partial charge on any atom is 0.231 e. The Hall–Kier alpha value is -4.71. The number of nitrogens with zero attached hydrogens (tertiary/aromatic N) is 9. The molecular weight excluding hydrogens is 460 g/mol. The zero-order chi connectivity index (χ0) is 25.1. The second-order valence-electron chi connectivity index (χ2n) is 8.05.